The molecule has 24 heavy (non-hydrogen) atoms. The van der Waals surface area contributed by atoms with E-state index in [-0.39, 0.29) is 11.8 Å². The molecule has 1 unspecified atom stereocenters. The maximum absolute atomic E-state index is 12.7. The second-order valence-electron chi connectivity index (χ2n) is 5.95. The first-order chi connectivity index (χ1) is 11.7. The van der Waals surface area contributed by atoms with Gasteiger partial charge in [0.15, 0.2) is 0 Å². The third kappa shape index (κ3) is 2.85. The van der Waals surface area contributed by atoms with Gasteiger partial charge in [-0.1, -0.05) is 35.5 Å². The number of likely N-dealkylation sites (tertiary alicyclic amines) is 1. The Labute approximate surface area is 143 Å². The molecule has 0 aliphatic carbocycles. The Morgan fingerprint density at radius 3 is 2.83 bits per heavy atom. The summed E-state index contributed by atoms with van der Waals surface area (Å²) in [5.74, 6) is 0.737. The maximum Gasteiger partial charge on any atom is 0.239 e. The monoisotopic (exact) mass is 339 g/mol. The van der Waals surface area contributed by atoms with Gasteiger partial charge in [0.25, 0.3) is 0 Å². The SMILES string of the molecule is Cc1ccc(-c2noc(C3CCN(Cc4ccccc4)C3=O)n2)s1. The van der Waals surface area contributed by atoms with Gasteiger partial charge in [0.1, 0.15) is 5.92 Å². The molecular weight excluding hydrogens is 322 g/mol. The fraction of sp³-hybridized carbons (Fsp3) is 0.278. The zero-order valence-electron chi connectivity index (χ0n) is 13.3. The molecule has 0 saturated carbocycles. The average molecular weight is 339 g/mol. The van der Waals surface area contributed by atoms with Crippen molar-refractivity contribution in [2.45, 2.75) is 25.8 Å². The van der Waals surface area contributed by atoms with Crippen LogP contribution in [-0.2, 0) is 11.3 Å². The molecule has 0 N–H and O–H groups in total. The highest BCUT2D eigenvalue weighted by atomic mass is 32.1. The van der Waals surface area contributed by atoms with Crippen LogP contribution in [0.5, 0.6) is 0 Å². The van der Waals surface area contributed by atoms with Crippen LogP contribution < -0.4 is 0 Å². The van der Waals surface area contributed by atoms with E-state index in [1.807, 2.05) is 54.3 Å². The molecule has 1 aliphatic rings. The van der Waals surface area contributed by atoms with Crippen LogP contribution in [0, 0.1) is 6.92 Å². The van der Waals surface area contributed by atoms with Crippen LogP contribution in [0.15, 0.2) is 47.0 Å². The molecule has 5 nitrogen and oxygen atoms in total. The van der Waals surface area contributed by atoms with Gasteiger partial charge in [0.05, 0.1) is 4.88 Å². The van der Waals surface area contributed by atoms with Gasteiger partial charge in [-0.2, -0.15) is 4.98 Å². The first-order valence-electron chi connectivity index (χ1n) is 7.94. The Balaban J connectivity index is 1.49. The van der Waals surface area contributed by atoms with Crippen LogP contribution in [-0.4, -0.2) is 27.5 Å². The minimum Gasteiger partial charge on any atom is -0.338 e. The molecule has 4 rings (SSSR count). The van der Waals surface area contributed by atoms with E-state index in [4.69, 9.17) is 4.52 Å². The highest BCUT2D eigenvalue weighted by Crippen LogP contribution is 2.31. The second kappa shape index (κ2) is 6.20. The summed E-state index contributed by atoms with van der Waals surface area (Å²) in [6.07, 6.45) is 0.719. The molecule has 122 valence electrons. The summed E-state index contributed by atoms with van der Waals surface area (Å²) in [5.41, 5.74) is 1.13. The van der Waals surface area contributed by atoms with E-state index in [0.717, 1.165) is 16.9 Å². The Morgan fingerprint density at radius 2 is 2.08 bits per heavy atom. The largest absolute Gasteiger partial charge is 0.338 e. The predicted molar refractivity (Wildman–Crippen MR) is 91.6 cm³/mol. The molecule has 1 aliphatic heterocycles. The molecule has 1 atom stereocenters. The van der Waals surface area contributed by atoms with Crippen molar-refractivity contribution in [3.05, 3.63) is 58.8 Å². The molecule has 3 heterocycles. The third-order valence-electron chi connectivity index (χ3n) is 4.21. The topological polar surface area (TPSA) is 59.2 Å². The molecule has 0 radical (unpaired) electrons. The lowest BCUT2D eigenvalue weighted by molar-refractivity contribution is -0.129. The minimum absolute atomic E-state index is 0.0661. The van der Waals surface area contributed by atoms with Gasteiger partial charge < -0.3 is 9.42 Å². The lowest BCUT2D eigenvalue weighted by Crippen LogP contribution is -2.26. The Morgan fingerprint density at radius 1 is 1.25 bits per heavy atom. The number of carbonyl (C=O) groups is 1. The van der Waals surface area contributed by atoms with Crippen LogP contribution >= 0.6 is 11.3 Å². The van der Waals surface area contributed by atoms with E-state index in [0.29, 0.717) is 24.8 Å². The summed E-state index contributed by atoms with van der Waals surface area (Å²) in [6.45, 7) is 3.38. The number of hydrogen-bond donors (Lipinski definition) is 0. The minimum atomic E-state index is -0.323. The molecule has 1 saturated heterocycles. The lowest BCUT2D eigenvalue weighted by atomic mass is 10.1. The number of rotatable bonds is 4. The fourth-order valence-electron chi connectivity index (χ4n) is 2.96. The number of benzene rings is 1. The normalized spacial score (nSPS) is 17.6. The van der Waals surface area contributed by atoms with E-state index < -0.39 is 0 Å². The Hall–Kier alpha value is -2.47. The Bertz CT molecular complexity index is 856. The summed E-state index contributed by atoms with van der Waals surface area (Å²) < 4.78 is 5.38. The smallest absolute Gasteiger partial charge is 0.239 e. The van der Waals surface area contributed by atoms with Gasteiger partial charge in [0, 0.05) is 18.0 Å². The van der Waals surface area contributed by atoms with E-state index >= 15 is 0 Å². The number of carbonyl (C=O) groups excluding carboxylic acids is 1. The fourth-order valence-corrected chi connectivity index (χ4v) is 3.75. The number of amides is 1. The zero-order valence-corrected chi connectivity index (χ0v) is 14.1. The van der Waals surface area contributed by atoms with Crippen molar-refractivity contribution in [2.75, 3.05) is 6.54 Å². The Kier molecular flexibility index (Phi) is 3.90. The van der Waals surface area contributed by atoms with Gasteiger partial charge in [0.2, 0.25) is 17.6 Å². The maximum atomic E-state index is 12.7. The van der Waals surface area contributed by atoms with Crippen molar-refractivity contribution in [3.8, 4) is 10.7 Å². The summed E-state index contributed by atoms with van der Waals surface area (Å²) in [7, 11) is 0. The third-order valence-corrected chi connectivity index (χ3v) is 5.21. The van der Waals surface area contributed by atoms with Crippen molar-refractivity contribution < 1.29 is 9.32 Å². The first-order valence-corrected chi connectivity index (χ1v) is 8.75. The van der Waals surface area contributed by atoms with Crippen LogP contribution in [0.4, 0.5) is 0 Å². The molecule has 1 fully saturated rings. The summed E-state index contributed by atoms with van der Waals surface area (Å²) >= 11 is 1.62. The van der Waals surface area contributed by atoms with Gasteiger partial charge in [-0.25, -0.2) is 0 Å². The summed E-state index contributed by atoms with van der Waals surface area (Å²) in [5, 5.41) is 4.04. The van der Waals surface area contributed by atoms with E-state index in [2.05, 4.69) is 10.1 Å². The van der Waals surface area contributed by atoms with Gasteiger partial charge in [-0.05, 0) is 31.0 Å². The van der Waals surface area contributed by atoms with Gasteiger partial charge in [-0.15, -0.1) is 11.3 Å². The van der Waals surface area contributed by atoms with Crippen molar-refractivity contribution >= 4 is 17.2 Å². The van der Waals surface area contributed by atoms with Crippen LogP contribution in [0.2, 0.25) is 0 Å². The number of thiophene rings is 1. The van der Waals surface area contributed by atoms with E-state index in [9.17, 15) is 4.79 Å². The molecular formula is C18H17N3O2S. The molecule has 1 aromatic carbocycles. The summed E-state index contributed by atoms with van der Waals surface area (Å²) in [6, 6.07) is 14.0. The van der Waals surface area contributed by atoms with Gasteiger partial charge in [-0.3, -0.25) is 4.79 Å². The highest BCUT2D eigenvalue weighted by molar-refractivity contribution is 7.15. The van der Waals surface area contributed by atoms with E-state index in [1.54, 1.807) is 11.3 Å². The number of hydrogen-bond acceptors (Lipinski definition) is 5. The molecule has 3 aromatic rings. The van der Waals surface area contributed by atoms with Crippen LogP contribution in [0.25, 0.3) is 10.7 Å². The molecule has 6 heteroatoms. The average Bonchev–Trinajstić information content (AvgIpc) is 3.30. The highest BCUT2D eigenvalue weighted by Gasteiger charge is 2.36. The van der Waals surface area contributed by atoms with Crippen molar-refractivity contribution in [1.29, 1.82) is 0 Å². The van der Waals surface area contributed by atoms with Crippen LogP contribution in [0.3, 0.4) is 0 Å². The lowest BCUT2D eigenvalue weighted by Gasteiger charge is -2.15. The molecule has 0 bridgehead atoms. The zero-order chi connectivity index (χ0) is 16.5. The van der Waals surface area contributed by atoms with Crippen molar-refractivity contribution in [3.63, 3.8) is 0 Å². The number of nitrogens with zero attached hydrogens (tertiary/aromatic N) is 3. The van der Waals surface area contributed by atoms with Gasteiger partial charge >= 0.3 is 0 Å². The van der Waals surface area contributed by atoms with Crippen molar-refractivity contribution in [2.24, 2.45) is 0 Å². The first kappa shape index (κ1) is 15.1. The van der Waals surface area contributed by atoms with Crippen molar-refractivity contribution in [1.82, 2.24) is 15.0 Å². The quantitative estimate of drug-likeness (QED) is 0.728. The van der Waals surface area contributed by atoms with Crippen LogP contribution in [0.1, 0.15) is 28.7 Å². The standard InChI is InChI=1S/C18H17N3O2S/c1-12-7-8-15(24-12)16-19-17(23-20-16)14-9-10-21(18(14)22)11-13-5-3-2-4-6-13/h2-8,14H,9-11H2,1H3. The second-order valence-corrected chi connectivity index (χ2v) is 7.24. The predicted octanol–water partition coefficient (Wildman–Crippen LogP) is 3.62. The number of aromatic nitrogens is 2. The summed E-state index contributed by atoms with van der Waals surface area (Å²) in [4.78, 5) is 21.1. The molecule has 1 amide bonds. The molecule has 0 spiro atoms. The number of aryl methyl sites for hydroxylation is 1. The molecule has 2 aromatic heterocycles. The van der Waals surface area contributed by atoms with E-state index in [1.165, 1.54) is 4.88 Å².